The molecule has 1 aliphatic heterocycles. The van der Waals surface area contributed by atoms with Crippen LogP contribution >= 0.6 is 0 Å². The molecule has 252 valence electrons. The Morgan fingerprint density at radius 2 is 1.96 bits per heavy atom. The van der Waals surface area contributed by atoms with Gasteiger partial charge in [0.15, 0.2) is 5.78 Å². The Labute approximate surface area is 281 Å². The Morgan fingerprint density at radius 3 is 2.71 bits per heavy atom. The summed E-state index contributed by atoms with van der Waals surface area (Å²) in [5.74, 6) is 1.47. The van der Waals surface area contributed by atoms with Crippen LogP contribution in [-0.4, -0.2) is 56.0 Å². The number of aliphatic hydroxyl groups excluding tert-OH is 1. The number of carbonyl (C=O) groups excluding carboxylic acids is 2. The third-order valence-corrected chi connectivity index (χ3v) is 9.10. The number of ketones is 1. The van der Waals surface area contributed by atoms with Gasteiger partial charge >= 0.3 is 0 Å². The van der Waals surface area contributed by atoms with Crippen LogP contribution in [0.3, 0.4) is 0 Å². The standard InChI is InChI=1S/C36H41N7O4.CH4/c1-6-25(45)9-8-14-40(4)32-11-7-10-31(39-32)38-28-17-24(21-41(5)34(28)46)26-12-13-37-33(27(26)22-44)43-16-15-42-29(35(43)47)18-23-19-36(2,3)20-30(23)42;/h6-7,10-13,17-18,21,44H,1,8-9,14-16,19-20,22H2,2-5H3,(H,38,39);1H4. The first-order valence-electron chi connectivity index (χ1n) is 15.9. The summed E-state index contributed by atoms with van der Waals surface area (Å²) in [5.41, 5.74) is 5.25. The SMILES string of the molecule is C.C=CC(=O)CCCN(C)c1cccc(Nc2cc(-c3ccnc(N4CCn5c(cc6c5CC(C)(C)C6)C4=O)c3CO)cn(C)c2=O)n1. The van der Waals surface area contributed by atoms with Crippen molar-refractivity contribution < 1.29 is 14.7 Å². The minimum absolute atomic E-state index is 0. The number of nitrogens with zero attached hydrogens (tertiary/aromatic N) is 6. The molecule has 0 unspecified atom stereocenters. The molecule has 1 amide bonds. The molecule has 0 radical (unpaired) electrons. The number of hydrogen-bond donors (Lipinski definition) is 2. The van der Waals surface area contributed by atoms with Crippen LogP contribution in [0.1, 0.15) is 61.4 Å². The Bertz CT molecular complexity index is 1940. The van der Waals surface area contributed by atoms with Crippen molar-refractivity contribution in [1.29, 1.82) is 0 Å². The molecule has 4 aromatic heterocycles. The summed E-state index contributed by atoms with van der Waals surface area (Å²) in [6, 6.07) is 11.0. The Morgan fingerprint density at radius 1 is 1.17 bits per heavy atom. The number of hydrogen-bond acceptors (Lipinski definition) is 8. The summed E-state index contributed by atoms with van der Waals surface area (Å²) in [5, 5.41) is 13.8. The molecule has 5 heterocycles. The van der Waals surface area contributed by atoms with Crippen LogP contribution in [0, 0.1) is 5.41 Å². The first-order chi connectivity index (χ1) is 22.5. The number of anilines is 4. The van der Waals surface area contributed by atoms with Gasteiger partial charge in [0.05, 0.1) is 6.61 Å². The lowest BCUT2D eigenvalue weighted by Gasteiger charge is -2.31. The summed E-state index contributed by atoms with van der Waals surface area (Å²) in [6.07, 6.45) is 7.66. The van der Waals surface area contributed by atoms with Gasteiger partial charge in [0.25, 0.3) is 11.5 Å². The zero-order valence-corrected chi connectivity index (χ0v) is 27.4. The molecule has 0 atom stereocenters. The predicted octanol–water partition coefficient (Wildman–Crippen LogP) is 5.27. The number of nitrogens with one attached hydrogen (secondary N) is 1. The van der Waals surface area contributed by atoms with Gasteiger partial charge in [-0.25, -0.2) is 9.97 Å². The molecule has 0 saturated heterocycles. The lowest BCUT2D eigenvalue weighted by molar-refractivity contribution is -0.114. The number of aliphatic hydroxyl groups is 1. The van der Waals surface area contributed by atoms with E-state index in [-0.39, 0.29) is 36.7 Å². The lowest BCUT2D eigenvalue weighted by Crippen LogP contribution is -2.41. The van der Waals surface area contributed by atoms with E-state index in [0.29, 0.717) is 78.0 Å². The quantitative estimate of drug-likeness (QED) is 0.210. The molecule has 0 fully saturated rings. The summed E-state index contributed by atoms with van der Waals surface area (Å²) < 4.78 is 3.63. The highest BCUT2D eigenvalue weighted by Gasteiger charge is 2.37. The molecule has 6 rings (SSSR count). The maximum Gasteiger partial charge on any atom is 0.276 e. The van der Waals surface area contributed by atoms with Gasteiger partial charge in [-0.1, -0.05) is 33.9 Å². The van der Waals surface area contributed by atoms with Gasteiger partial charge in [-0.2, -0.15) is 0 Å². The van der Waals surface area contributed by atoms with Crippen molar-refractivity contribution in [1.82, 2.24) is 19.1 Å². The molecule has 2 aliphatic rings. The van der Waals surface area contributed by atoms with E-state index in [1.165, 1.54) is 21.9 Å². The molecule has 0 spiro atoms. The highest BCUT2D eigenvalue weighted by atomic mass is 16.3. The van der Waals surface area contributed by atoms with Gasteiger partial charge in [0.2, 0.25) is 0 Å². The summed E-state index contributed by atoms with van der Waals surface area (Å²) in [4.78, 5) is 51.5. The molecule has 2 N–H and O–H groups in total. The maximum atomic E-state index is 13.8. The van der Waals surface area contributed by atoms with E-state index in [4.69, 9.17) is 0 Å². The normalized spacial score (nSPS) is 14.6. The van der Waals surface area contributed by atoms with Crippen LogP contribution in [0.2, 0.25) is 0 Å². The van der Waals surface area contributed by atoms with Crippen molar-refractivity contribution >= 4 is 34.8 Å². The summed E-state index contributed by atoms with van der Waals surface area (Å²) in [7, 11) is 3.57. The molecule has 0 bridgehead atoms. The van der Waals surface area contributed by atoms with E-state index in [2.05, 4.69) is 40.3 Å². The van der Waals surface area contributed by atoms with E-state index in [1.807, 2.05) is 30.1 Å². The molecule has 4 aromatic rings. The largest absolute Gasteiger partial charge is 0.392 e. The second-order valence-electron chi connectivity index (χ2n) is 13.2. The van der Waals surface area contributed by atoms with Gasteiger partial charge in [-0.3, -0.25) is 19.3 Å². The fraction of sp³-hybridized carbons (Fsp3) is 0.378. The Balaban J connectivity index is 0.00000451. The van der Waals surface area contributed by atoms with Gasteiger partial charge in [-0.05, 0) is 72.2 Å². The molecule has 0 saturated carbocycles. The van der Waals surface area contributed by atoms with Crippen LogP contribution in [0.15, 0.2) is 66.2 Å². The van der Waals surface area contributed by atoms with Crippen molar-refractivity contribution in [2.24, 2.45) is 12.5 Å². The number of aryl methyl sites for hydroxylation is 1. The third kappa shape index (κ3) is 6.55. The highest BCUT2D eigenvalue weighted by molar-refractivity contribution is 6.06. The Kier molecular flexibility index (Phi) is 9.72. The Hall–Kier alpha value is -5.03. The maximum absolute atomic E-state index is 13.8. The number of allylic oxidation sites excluding steroid dienone is 1. The van der Waals surface area contributed by atoms with Gasteiger partial charge in [-0.15, -0.1) is 0 Å². The predicted molar refractivity (Wildman–Crippen MR) is 190 cm³/mol. The first kappa shape index (κ1) is 34.3. The van der Waals surface area contributed by atoms with E-state index >= 15 is 0 Å². The molecular formula is C37H45N7O4. The molecule has 1 aliphatic carbocycles. The van der Waals surface area contributed by atoms with E-state index in [1.54, 1.807) is 42.5 Å². The second kappa shape index (κ2) is 13.6. The molecular weight excluding hydrogens is 606 g/mol. The van der Waals surface area contributed by atoms with Gasteiger partial charge < -0.3 is 24.5 Å². The van der Waals surface area contributed by atoms with Crippen molar-refractivity contribution in [2.45, 2.75) is 60.1 Å². The van der Waals surface area contributed by atoms with Crippen LogP contribution in [0.5, 0.6) is 0 Å². The zero-order chi connectivity index (χ0) is 33.5. The fourth-order valence-corrected chi connectivity index (χ4v) is 6.75. The lowest BCUT2D eigenvalue weighted by atomic mass is 9.90. The van der Waals surface area contributed by atoms with Crippen LogP contribution in [-0.2, 0) is 37.8 Å². The van der Waals surface area contributed by atoms with Crippen LogP contribution < -0.4 is 20.7 Å². The summed E-state index contributed by atoms with van der Waals surface area (Å²) in [6.45, 7) is 9.42. The van der Waals surface area contributed by atoms with Crippen molar-refractivity contribution in [3.63, 3.8) is 0 Å². The number of amides is 1. The highest BCUT2D eigenvalue weighted by Crippen LogP contribution is 2.40. The van der Waals surface area contributed by atoms with Crippen molar-refractivity contribution in [2.75, 3.05) is 35.3 Å². The molecule has 11 nitrogen and oxygen atoms in total. The minimum atomic E-state index is -0.339. The first-order valence-corrected chi connectivity index (χ1v) is 15.9. The van der Waals surface area contributed by atoms with Crippen LogP contribution in [0.25, 0.3) is 11.1 Å². The number of pyridine rings is 3. The van der Waals surface area contributed by atoms with E-state index in [0.717, 1.165) is 12.8 Å². The molecule has 11 heteroatoms. The fourth-order valence-electron chi connectivity index (χ4n) is 6.75. The number of carbonyl (C=O) groups is 2. The topological polar surface area (TPSA) is 126 Å². The number of fused-ring (bicyclic) bond motifs is 3. The summed E-state index contributed by atoms with van der Waals surface area (Å²) >= 11 is 0. The van der Waals surface area contributed by atoms with E-state index < -0.39 is 0 Å². The van der Waals surface area contributed by atoms with Crippen molar-refractivity contribution in [3.8, 4) is 11.1 Å². The second-order valence-corrected chi connectivity index (χ2v) is 13.2. The van der Waals surface area contributed by atoms with Crippen LogP contribution in [0.4, 0.5) is 23.1 Å². The minimum Gasteiger partial charge on any atom is -0.392 e. The number of aromatic nitrogens is 4. The average molecular weight is 652 g/mol. The van der Waals surface area contributed by atoms with E-state index in [9.17, 15) is 19.5 Å². The smallest absolute Gasteiger partial charge is 0.276 e. The van der Waals surface area contributed by atoms with Gasteiger partial charge in [0.1, 0.15) is 28.8 Å². The van der Waals surface area contributed by atoms with Gasteiger partial charge in [0, 0.05) is 69.4 Å². The average Bonchev–Trinajstić information content (AvgIpc) is 3.55. The zero-order valence-electron chi connectivity index (χ0n) is 27.4. The monoisotopic (exact) mass is 651 g/mol. The number of rotatable bonds is 11. The third-order valence-electron chi connectivity index (χ3n) is 9.10. The molecule has 0 aromatic carbocycles. The van der Waals surface area contributed by atoms with Crippen molar-refractivity contribution in [3.05, 3.63) is 94.3 Å². The molecule has 48 heavy (non-hydrogen) atoms.